The van der Waals surface area contributed by atoms with E-state index in [-0.39, 0.29) is 0 Å². The van der Waals surface area contributed by atoms with Crippen LogP contribution < -0.4 is 0 Å². The molecule has 0 amide bonds. The van der Waals surface area contributed by atoms with Crippen LogP contribution in [-0.2, 0) is 22.0 Å². The van der Waals surface area contributed by atoms with E-state index in [1.54, 1.807) is 12.3 Å². The summed E-state index contributed by atoms with van der Waals surface area (Å²) in [6, 6.07) is 7.51. The minimum atomic E-state index is -1.13. The Morgan fingerprint density at radius 3 is 2.44 bits per heavy atom. The van der Waals surface area contributed by atoms with E-state index in [0.29, 0.717) is 0 Å². The summed E-state index contributed by atoms with van der Waals surface area (Å²) in [5.74, 6) is 0. The topological polar surface area (TPSA) is 58.9 Å². The largest absolute Gasteiger partial charge is 0.230 e. The molecule has 2 aliphatic rings. The van der Waals surface area contributed by atoms with Crippen molar-refractivity contribution in [3.05, 3.63) is 41.3 Å². The predicted molar refractivity (Wildman–Crippen MR) is 66.2 cm³/mol. The van der Waals surface area contributed by atoms with E-state index in [0.717, 1.165) is 10.5 Å². The van der Waals surface area contributed by atoms with Crippen molar-refractivity contribution in [3.63, 3.8) is 0 Å². The molecular weight excluding hydrogens is 244 g/mol. The number of nitrogens with zero attached hydrogens (tertiary/aromatic N) is 2. The highest BCUT2D eigenvalue weighted by molar-refractivity contribution is 7.87. The van der Waals surface area contributed by atoms with Crippen molar-refractivity contribution in [2.75, 3.05) is 0 Å². The molecule has 82 valence electrons. The van der Waals surface area contributed by atoms with Gasteiger partial charge in [0.15, 0.2) is 22.0 Å². The maximum absolute atomic E-state index is 11.0. The minimum absolute atomic E-state index is 0.822. The predicted octanol–water partition coefficient (Wildman–Crippen LogP) is 1.39. The van der Waals surface area contributed by atoms with Gasteiger partial charge >= 0.3 is 0 Å². The molecule has 0 radical (unpaired) electrons. The van der Waals surface area contributed by atoms with Gasteiger partial charge in [0.2, 0.25) is 0 Å². The number of hydrogen-bond acceptors (Lipinski definition) is 2. The van der Waals surface area contributed by atoms with Crippen LogP contribution in [0.3, 0.4) is 0 Å². The van der Waals surface area contributed by atoms with Crippen molar-refractivity contribution in [2.24, 2.45) is 8.80 Å². The monoisotopic (exact) mass is 252 g/mol. The highest BCUT2D eigenvalue weighted by Gasteiger charge is 2.11. The second-order valence-electron chi connectivity index (χ2n) is 2.88. The van der Waals surface area contributed by atoms with E-state index in [9.17, 15) is 8.42 Å². The van der Waals surface area contributed by atoms with Gasteiger partial charge in [0.25, 0.3) is 0 Å². The van der Waals surface area contributed by atoms with Crippen LogP contribution in [0.2, 0.25) is 0 Å². The summed E-state index contributed by atoms with van der Waals surface area (Å²) in [7, 11) is -2.16. The third kappa shape index (κ3) is 2.59. The molecule has 0 N–H and O–H groups in total. The van der Waals surface area contributed by atoms with Gasteiger partial charge in [-0.15, -0.1) is 0 Å². The van der Waals surface area contributed by atoms with Crippen molar-refractivity contribution in [1.29, 1.82) is 0 Å². The summed E-state index contributed by atoms with van der Waals surface area (Å²) in [6.45, 7) is 0. The first-order valence-corrected chi connectivity index (χ1v) is 6.71. The second-order valence-corrected chi connectivity index (χ2v) is 5.06. The summed E-state index contributed by atoms with van der Waals surface area (Å²) in [5, 5.41) is 1.53. The van der Waals surface area contributed by atoms with Crippen LogP contribution in [0, 0.1) is 0 Å². The van der Waals surface area contributed by atoms with Gasteiger partial charge in [-0.1, -0.05) is 18.2 Å². The van der Waals surface area contributed by atoms with Crippen molar-refractivity contribution in [1.82, 2.24) is 0 Å². The normalized spacial score (nSPS) is 24.0. The molecule has 0 aromatic heterocycles. The molecular formula is C10H8N2O2S2. The molecule has 3 rings (SSSR count). The zero-order valence-electron chi connectivity index (χ0n) is 8.15. The summed E-state index contributed by atoms with van der Waals surface area (Å²) in [4.78, 5) is 0.822. The average molecular weight is 252 g/mol. The lowest BCUT2D eigenvalue weighted by atomic mass is 10.2. The maximum Gasteiger partial charge on any atom is 0.173 e. The van der Waals surface area contributed by atoms with Crippen molar-refractivity contribution < 1.29 is 8.42 Å². The maximum atomic E-state index is 11.0. The number of rotatable bonds is 0. The SMILES string of the molecule is O=S1C=CC=N1.O=S1N=Cc2ccccc21. The van der Waals surface area contributed by atoms with Crippen LogP contribution in [-0.4, -0.2) is 20.8 Å². The average Bonchev–Trinajstić information content (AvgIpc) is 2.91. The van der Waals surface area contributed by atoms with E-state index in [2.05, 4.69) is 8.80 Å². The molecule has 0 bridgehead atoms. The third-order valence-corrected chi connectivity index (χ3v) is 3.60. The molecule has 0 spiro atoms. The quantitative estimate of drug-likeness (QED) is 0.700. The molecule has 0 aliphatic carbocycles. The highest BCUT2D eigenvalue weighted by atomic mass is 32.2. The first-order valence-electron chi connectivity index (χ1n) is 4.44. The Labute approximate surface area is 98.0 Å². The van der Waals surface area contributed by atoms with Gasteiger partial charge in [0.05, 0.1) is 4.90 Å². The number of hydrogen-bond donors (Lipinski definition) is 0. The van der Waals surface area contributed by atoms with E-state index in [4.69, 9.17) is 0 Å². The van der Waals surface area contributed by atoms with Crippen LogP contribution in [0.1, 0.15) is 5.56 Å². The molecule has 1 aromatic carbocycles. The zero-order chi connectivity index (χ0) is 11.4. The number of benzene rings is 1. The van der Waals surface area contributed by atoms with Crippen LogP contribution in [0.25, 0.3) is 0 Å². The van der Waals surface area contributed by atoms with E-state index in [1.807, 2.05) is 24.3 Å². The van der Waals surface area contributed by atoms with Crippen LogP contribution in [0.4, 0.5) is 0 Å². The Morgan fingerprint density at radius 2 is 1.88 bits per heavy atom. The summed E-state index contributed by atoms with van der Waals surface area (Å²) in [5.41, 5.74) is 0.973. The third-order valence-electron chi connectivity index (χ3n) is 1.84. The molecule has 2 heterocycles. The Morgan fingerprint density at radius 1 is 1.06 bits per heavy atom. The minimum Gasteiger partial charge on any atom is -0.230 e. The molecule has 16 heavy (non-hydrogen) atoms. The lowest BCUT2D eigenvalue weighted by molar-refractivity contribution is 0.685. The van der Waals surface area contributed by atoms with Crippen molar-refractivity contribution in [2.45, 2.75) is 4.90 Å². The molecule has 6 heteroatoms. The van der Waals surface area contributed by atoms with Crippen LogP contribution in [0.15, 0.2) is 49.4 Å². The molecule has 2 unspecified atom stereocenters. The molecule has 1 aromatic rings. The fourth-order valence-electron chi connectivity index (χ4n) is 1.14. The smallest absolute Gasteiger partial charge is 0.173 e. The Balaban J connectivity index is 0.000000138. The van der Waals surface area contributed by atoms with Gasteiger partial charge in [0.1, 0.15) is 0 Å². The van der Waals surface area contributed by atoms with Gasteiger partial charge < -0.3 is 0 Å². The van der Waals surface area contributed by atoms with Gasteiger partial charge in [-0.05, 0) is 12.1 Å². The second kappa shape index (κ2) is 5.09. The van der Waals surface area contributed by atoms with Gasteiger partial charge in [-0.2, -0.15) is 8.80 Å². The van der Waals surface area contributed by atoms with Gasteiger partial charge in [-0.25, -0.2) is 8.42 Å². The van der Waals surface area contributed by atoms with E-state index >= 15 is 0 Å². The lowest BCUT2D eigenvalue weighted by Gasteiger charge is -1.90. The van der Waals surface area contributed by atoms with Gasteiger partial charge in [0, 0.05) is 23.4 Å². The molecule has 0 saturated heterocycles. The Bertz CT molecular complexity index is 521. The summed E-state index contributed by atoms with van der Waals surface area (Å²) in [6.07, 6.45) is 4.83. The molecule has 2 atom stereocenters. The molecule has 4 nitrogen and oxygen atoms in total. The fourth-order valence-corrected chi connectivity index (χ4v) is 2.45. The van der Waals surface area contributed by atoms with E-state index in [1.165, 1.54) is 11.6 Å². The first kappa shape index (κ1) is 11.1. The molecule has 0 fully saturated rings. The summed E-state index contributed by atoms with van der Waals surface area (Å²) < 4.78 is 28.3. The van der Waals surface area contributed by atoms with Crippen molar-refractivity contribution >= 4 is 34.4 Å². The number of allylic oxidation sites excluding steroid dienone is 1. The highest BCUT2D eigenvalue weighted by Crippen LogP contribution is 2.17. The van der Waals surface area contributed by atoms with Crippen molar-refractivity contribution in [3.8, 4) is 0 Å². The lowest BCUT2D eigenvalue weighted by Crippen LogP contribution is -1.82. The molecule has 2 aliphatic heterocycles. The first-order chi connectivity index (χ1) is 7.77. The van der Waals surface area contributed by atoms with Crippen LogP contribution in [0.5, 0.6) is 0 Å². The fraction of sp³-hybridized carbons (Fsp3) is 0. The molecule has 0 saturated carbocycles. The Hall–Kier alpha value is -1.40. The Kier molecular flexibility index (Phi) is 3.53. The van der Waals surface area contributed by atoms with Gasteiger partial charge in [-0.3, -0.25) is 0 Å². The number of fused-ring (bicyclic) bond motifs is 1. The standard InChI is InChI=1S/C7H5NOS.C3H3NOS/c9-10-7-4-2-1-3-6(7)5-8-10;5-6-3-1-2-4-6/h1-5H;1-3H. The van der Waals surface area contributed by atoms with E-state index < -0.39 is 22.0 Å². The summed E-state index contributed by atoms with van der Waals surface area (Å²) >= 11 is 0. The zero-order valence-corrected chi connectivity index (χ0v) is 9.78. The van der Waals surface area contributed by atoms with Crippen LogP contribution >= 0.6 is 0 Å².